The molecule has 2 aliphatic carbocycles. The number of nitrogens with one attached hydrogen (secondary N) is 4. The van der Waals surface area contributed by atoms with Gasteiger partial charge in [-0.3, -0.25) is 33.7 Å². The number of allylic oxidation sites excluding steroid dienone is 1. The summed E-state index contributed by atoms with van der Waals surface area (Å²) in [6.07, 6.45) is 6.95. The van der Waals surface area contributed by atoms with Gasteiger partial charge in [-0.15, -0.1) is 0 Å². The molecule has 4 aromatic rings. The van der Waals surface area contributed by atoms with Gasteiger partial charge in [-0.25, -0.2) is 14.8 Å². The molecule has 448 valence electrons. The van der Waals surface area contributed by atoms with Crippen LogP contribution in [0.15, 0.2) is 72.9 Å². The van der Waals surface area contributed by atoms with Gasteiger partial charge in [0.05, 0.1) is 25.6 Å². The molecule has 7 rings (SSSR count). The number of rotatable bonds is 21. The number of alkyl halides is 3. The molecular weight excluding hydrogens is 1090 g/mol. The molecule has 3 heterocycles. The Kier molecular flexibility index (Phi) is 21.9. The smallest absolute Gasteiger partial charge is 0.410 e. The molecule has 22 heteroatoms. The van der Waals surface area contributed by atoms with E-state index in [1.807, 2.05) is 54.6 Å². The van der Waals surface area contributed by atoms with Crippen LogP contribution in [-0.2, 0) is 41.7 Å². The van der Waals surface area contributed by atoms with E-state index >= 15 is 0 Å². The van der Waals surface area contributed by atoms with Crippen LogP contribution in [0.2, 0.25) is 0 Å². The zero-order valence-electron chi connectivity index (χ0n) is 48.4. The second kappa shape index (κ2) is 28.8. The highest BCUT2D eigenvalue weighted by Crippen LogP contribution is 2.41. The number of carbonyl (C=O) groups is 7. The fraction of sp³-hybridized carbons (Fsp3) is 0.525. The third kappa shape index (κ3) is 17.8. The van der Waals surface area contributed by atoms with Crippen LogP contribution in [0.4, 0.5) is 28.1 Å². The van der Waals surface area contributed by atoms with Gasteiger partial charge < -0.3 is 40.5 Å². The number of hydrogen-bond donors (Lipinski definition) is 4. The van der Waals surface area contributed by atoms with Crippen LogP contribution in [-0.4, -0.2) is 130 Å². The van der Waals surface area contributed by atoms with Gasteiger partial charge in [-0.05, 0) is 115 Å². The summed E-state index contributed by atoms with van der Waals surface area (Å²) in [5, 5.41) is 12.4. The average Bonchev–Trinajstić information content (AvgIpc) is 4.16. The largest absolute Gasteiger partial charge is 0.495 e. The maximum atomic E-state index is 14.6. The van der Waals surface area contributed by atoms with Crippen LogP contribution in [0.25, 0.3) is 17.3 Å². The number of nitrogens with zero attached hydrogens (tertiary/aromatic N) is 5. The number of aromatic nitrogens is 2. The molecule has 4 N–H and O–H groups in total. The van der Waals surface area contributed by atoms with Crippen molar-refractivity contribution in [3.05, 3.63) is 95.3 Å². The molecule has 3 atom stereocenters. The zero-order chi connectivity index (χ0) is 60.0. The third-order valence-corrected chi connectivity index (χ3v) is 16.5. The molecule has 1 saturated heterocycles. The number of halogens is 3. The zero-order valence-corrected chi connectivity index (χ0v) is 49.3. The lowest BCUT2D eigenvalue weighted by Gasteiger charge is -2.36. The molecule has 3 aliphatic rings. The Morgan fingerprint density at radius 2 is 1.58 bits per heavy atom. The van der Waals surface area contributed by atoms with Crippen molar-refractivity contribution in [2.24, 2.45) is 17.8 Å². The van der Waals surface area contributed by atoms with Crippen molar-refractivity contribution in [1.82, 2.24) is 35.3 Å². The summed E-state index contributed by atoms with van der Waals surface area (Å²) in [4.78, 5) is 109. The number of methoxy groups -OCH3 is 1. The highest BCUT2D eigenvalue weighted by atomic mass is 32.1. The molecule has 18 nitrogen and oxygen atoms in total. The van der Waals surface area contributed by atoms with E-state index in [1.165, 1.54) is 25.3 Å². The number of thiazole rings is 1. The van der Waals surface area contributed by atoms with Crippen molar-refractivity contribution in [2.75, 3.05) is 44.9 Å². The van der Waals surface area contributed by atoms with Gasteiger partial charge in [-0.2, -0.15) is 13.2 Å². The van der Waals surface area contributed by atoms with E-state index in [4.69, 9.17) is 14.5 Å². The summed E-state index contributed by atoms with van der Waals surface area (Å²) < 4.78 is 50.5. The number of likely N-dealkylation sites (tertiary alicyclic amines) is 1. The van der Waals surface area contributed by atoms with E-state index in [0.717, 1.165) is 54.6 Å². The first-order valence-corrected chi connectivity index (χ1v) is 29.4. The van der Waals surface area contributed by atoms with Crippen molar-refractivity contribution < 1.29 is 56.2 Å². The molecule has 0 bridgehead atoms. The van der Waals surface area contributed by atoms with Crippen LogP contribution < -0.4 is 26.0 Å². The van der Waals surface area contributed by atoms with E-state index < -0.39 is 59.6 Å². The molecule has 0 spiro atoms. The molecule has 2 saturated carbocycles. The number of hydrogen-bond acceptors (Lipinski definition) is 12. The van der Waals surface area contributed by atoms with Crippen LogP contribution >= 0.6 is 11.3 Å². The van der Waals surface area contributed by atoms with Crippen LogP contribution in [0.1, 0.15) is 138 Å². The Morgan fingerprint density at radius 1 is 0.867 bits per heavy atom. The molecule has 83 heavy (non-hydrogen) atoms. The number of ether oxygens (including phenoxy) is 2. The summed E-state index contributed by atoms with van der Waals surface area (Å²) in [5.74, 6) is -3.26. The third-order valence-electron chi connectivity index (χ3n) is 15.6. The van der Waals surface area contributed by atoms with E-state index in [1.54, 1.807) is 62.8 Å². The molecule has 1 aliphatic heterocycles. The number of pyridine rings is 1. The summed E-state index contributed by atoms with van der Waals surface area (Å²) in [6.45, 7) is 7.54. The number of carbonyl (C=O) groups excluding carboxylic acids is 7. The Bertz CT molecular complexity index is 2950. The fourth-order valence-electron chi connectivity index (χ4n) is 10.7. The van der Waals surface area contributed by atoms with Gasteiger partial charge in [-0.1, -0.05) is 97.3 Å². The van der Waals surface area contributed by atoms with Crippen LogP contribution in [0.5, 0.6) is 5.75 Å². The normalized spacial score (nSPS) is 18.4. The Balaban J connectivity index is 0.906. The second-order valence-corrected chi connectivity index (χ2v) is 23.9. The molecule has 2 aromatic heterocycles. The number of benzene rings is 2. The SMILES string of the molecule is COc1cnc(C(=O)NCc2cccc(CC(=O)N(C)CCCC(=O)Nc3nc(-c4ccccc4)c(NC(=O)[C@@H]4CCCN4C(=O)[C@@H](NC(=O)[C@H](C)N(C)C(=O)OC(C)(C)C)C4CCCCC4)s3)c2)cc1/C=C/[C@H]1CC[C@H](C(F)(F)F)CC1. The average molecular weight is 1170 g/mol. The van der Waals surface area contributed by atoms with Crippen molar-refractivity contribution >= 4 is 69.1 Å². The summed E-state index contributed by atoms with van der Waals surface area (Å²) in [7, 11) is 4.62. The van der Waals surface area contributed by atoms with E-state index in [-0.39, 0.29) is 79.2 Å². The standard InChI is InChI=1S/C61H78F3N9O9S/c1-38(72(6)59(80)82-60(2,3)4)53(76)68-52(43-21-12-9-13-22-43)57(79)73-32-15-23-47(73)55(78)70-56-51(42-19-10-8-11-20-42)69-58(83-56)67-49(74)24-16-31-71(5)50(75)34-40-17-14-18-41(33-40)36-66-54(77)46-35-44(48(81-7)37-65-46)28-25-39-26-29-45(30-27-39)61(62,63)64/h8,10-11,14,17-20,25,28,33,35,37-39,43,45,47,52H,9,12-13,15-16,21-24,26-27,29-32,34,36H2,1-7H3,(H,66,77)(H,68,76)(H,70,78)(H,67,69,74)/b28-25+/t38-,39-,45-,47-,52-/m0/s1. The molecule has 0 radical (unpaired) electrons. The maximum absolute atomic E-state index is 14.6. The predicted molar refractivity (Wildman–Crippen MR) is 311 cm³/mol. The lowest BCUT2D eigenvalue weighted by atomic mass is 9.81. The van der Waals surface area contributed by atoms with Gasteiger partial charge >= 0.3 is 12.3 Å². The Morgan fingerprint density at radius 3 is 2.27 bits per heavy atom. The monoisotopic (exact) mass is 1170 g/mol. The summed E-state index contributed by atoms with van der Waals surface area (Å²) in [5.41, 5.74) is 2.55. The molecule has 3 fully saturated rings. The van der Waals surface area contributed by atoms with E-state index in [2.05, 4.69) is 26.3 Å². The Labute approximate surface area is 487 Å². The lowest BCUT2D eigenvalue weighted by Crippen LogP contribution is -2.58. The van der Waals surface area contributed by atoms with Crippen molar-refractivity contribution in [1.29, 1.82) is 0 Å². The Hall–Kier alpha value is -7.36. The van der Waals surface area contributed by atoms with Crippen LogP contribution in [0.3, 0.4) is 0 Å². The van der Waals surface area contributed by atoms with Crippen molar-refractivity contribution in [3.63, 3.8) is 0 Å². The number of likely N-dealkylation sites (N-methyl/N-ethyl adjacent to an activating group) is 2. The second-order valence-electron chi connectivity index (χ2n) is 22.9. The van der Waals surface area contributed by atoms with Gasteiger partial charge in [0.1, 0.15) is 45.9 Å². The minimum Gasteiger partial charge on any atom is -0.495 e. The molecule has 2 aromatic carbocycles. The van der Waals surface area contributed by atoms with Crippen LogP contribution in [0, 0.1) is 17.8 Å². The summed E-state index contributed by atoms with van der Waals surface area (Å²) in [6, 6.07) is 15.3. The highest BCUT2D eigenvalue weighted by Gasteiger charge is 2.43. The van der Waals surface area contributed by atoms with Crippen molar-refractivity contribution in [3.8, 4) is 17.0 Å². The first kappa shape index (κ1) is 63.2. The molecule has 0 unspecified atom stereocenters. The van der Waals surface area contributed by atoms with Crippen molar-refractivity contribution in [2.45, 2.75) is 154 Å². The maximum Gasteiger partial charge on any atom is 0.410 e. The predicted octanol–water partition coefficient (Wildman–Crippen LogP) is 10.2. The molecular formula is C61H78F3N9O9S. The number of anilines is 2. The van der Waals surface area contributed by atoms with Gasteiger partial charge in [0.15, 0.2) is 5.13 Å². The lowest BCUT2D eigenvalue weighted by molar-refractivity contribution is -0.183. The quantitative estimate of drug-likeness (QED) is 0.0615. The van der Waals surface area contributed by atoms with E-state index in [9.17, 15) is 46.7 Å². The first-order chi connectivity index (χ1) is 39.5. The van der Waals surface area contributed by atoms with Gasteiger partial charge in [0.2, 0.25) is 29.5 Å². The summed E-state index contributed by atoms with van der Waals surface area (Å²) >= 11 is 1.09. The highest BCUT2D eigenvalue weighted by molar-refractivity contribution is 7.20. The van der Waals surface area contributed by atoms with E-state index in [0.29, 0.717) is 66.2 Å². The minimum atomic E-state index is -4.18. The van der Waals surface area contributed by atoms with Gasteiger partial charge in [0.25, 0.3) is 5.91 Å². The molecule has 7 amide bonds. The number of amides is 7. The topological polar surface area (TPSA) is 222 Å². The first-order valence-electron chi connectivity index (χ1n) is 28.6. The fourth-order valence-corrected chi connectivity index (χ4v) is 11.6. The van der Waals surface area contributed by atoms with Gasteiger partial charge in [0, 0.05) is 51.3 Å². The minimum absolute atomic E-state index is 0.0201.